The van der Waals surface area contributed by atoms with E-state index < -0.39 is 61.0 Å². The number of aliphatic hydroxyl groups is 3. The van der Waals surface area contributed by atoms with Gasteiger partial charge in [0, 0.05) is 18.6 Å². The molecule has 0 aromatic carbocycles. The first-order chi connectivity index (χ1) is 10.8. The topological polar surface area (TPSA) is 192 Å². The molecule has 0 radical (unpaired) electrons. The summed E-state index contributed by atoms with van der Waals surface area (Å²) in [5, 5.41) is 30.0. The van der Waals surface area contributed by atoms with Crippen LogP contribution in [-0.4, -0.2) is 82.9 Å². The van der Waals surface area contributed by atoms with Gasteiger partial charge in [0.05, 0.1) is 12.1 Å². The minimum absolute atomic E-state index is 0.0127. The van der Waals surface area contributed by atoms with Gasteiger partial charge in [0.2, 0.25) is 0 Å². The third kappa shape index (κ3) is 3.95. The minimum atomic E-state index is -1.26. The van der Waals surface area contributed by atoms with E-state index in [0.29, 0.717) is 6.42 Å². The molecule has 10 atom stereocenters. The van der Waals surface area contributed by atoms with Crippen molar-refractivity contribution >= 4 is 23.0 Å². The van der Waals surface area contributed by atoms with E-state index in [9.17, 15) is 15.3 Å². The van der Waals surface area contributed by atoms with Crippen LogP contribution in [0, 0.1) is 0 Å². The SMILES string of the molecule is NCC1OC(OC2C(N)CC(N)C(O)C2OI)C(N)C(O)C1O. The van der Waals surface area contributed by atoms with Crippen LogP contribution < -0.4 is 22.9 Å². The van der Waals surface area contributed by atoms with Crippen LogP contribution in [0.25, 0.3) is 0 Å². The van der Waals surface area contributed by atoms with Crippen molar-refractivity contribution in [3.63, 3.8) is 0 Å². The summed E-state index contributed by atoms with van der Waals surface area (Å²) in [7, 11) is 0. The molecule has 11 heteroatoms. The van der Waals surface area contributed by atoms with Crippen LogP contribution in [0.5, 0.6) is 0 Å². The van der Waals surface area contributed by atoms with Crippen molar-refractivity contribution in [1.82, 2.24) is 0 Å². The maximum Gasteiger partial charge on any atom is 0.176 e. The highest BCUT2D eigenvalue weighted by Crippen LogP contribution is 2.29. The van der Waals surface area contributed by atoms with Crippen molar-refractivity contribution in [2.75, 3.05) is 6.54 Å². The number of ether oxygens (including phenoxy) is 2. The summed E-state index contributed by atoms with van der Waals surface area (Å²) in [6, 6.07) is -2.04. The highest BCUT2D eigenvalue weighted by atomic mass is 127. The average molecular weight is 448 g/mol. The lowest BCUT2D eigenvalue weighted by molar-refractivity contribution is -0.284. The molecule has 0 aromatic rings. The summed E-state index contributed by atoms with van der Waals surface area (Å²) < 4.78 is 16.6. The van der Waals surface area contributed by atoms with E-state index in [0.717, 1.165) is 0 Å². The van der Waals surface area contributed by atoms with Crippen LogP contribution >= 0.6 is 23.0 Å². The lowest BCUT2D eigenvalue weighted by Gasteiger charge is -2.46. The summed E-state index contributed by atoms with van der Waals surface area (Å²) in [6.07, 6.45) is -6.47. The molecule has 0 aromatic heterocycles. The standard InChI is InChI=1S/C12H25IN4O6/c13-23-11-7(18)3(15)1-4(16)10(11)22-12-6(17)9(20)8(19)5(2-14)21-12/h3-12,18-20H,1-2,14-17H2. The third-order valence-corrected chi connectivity index (χ3v) is 5.03. The lowest BCUT2D eigenvalue weighted by atomic mass is 9.84. The molecule has 0 bridgehead atoms. The molecule has 10 nitrogen and oxygen atoms in total. The van der Waals surface area contributed by atoms with E-state index in [4.69, 9.17) is 35.5 Å². The third-order valence-electron chi connectivity index (χ3n) is 4.44. The number of nitrogens with two attached hydrogens (primary N) is 4. The fourth-order valence-corrected chi connectivity index (χ4v) is 3.57. The van der Waals surface area contributed by atoms with E-state index >= 15 is 0 Å². The maximum absolute atomic E-state index is 10.1. The predicted octanol–water partition coefficient (Wildman–Crippen LogP) is -3.74. The Morgan fingerprint density at radius 1 is 1.00 bits per heavy atom. The monoisotopic (exact) mass is 448 g/mol. The minimum Gasteiger partial charge on any atom is -0.389 e. The summed E-state index contributed by atoms with van der Waals surface area (Å²) in [5.41, 5.74) is 23.3. The van der Waals surface area contributed by atoms with Crippen LogP contribution in [0.4, 0.5) is 0 Å². The molecule has 1 saturated carbocycles. The molecular formula is C12H25IN4O6. The average Bonchev–Trinajstić information content (AvgIpc) is 2.53. The van der Waals surface area contributed by atoms with Gasteiger partial charge >= 0.3 is 0 Å². The van der Waals surface area contributed by atoms with Crippen LogP contribution in [0.3, 0.4) is 0 Å². The Morgan fingerprint density at radius 3 is 2.22 bits per heavy atom. The number of aliphatic hydroxyl groups excluding tert-OH is 3. The Balaban J connectivity index is 2.12. The molecule has 11 N–H and O–H groups in total. The van der Waals surface area contributed by atoms with Crippen molar-refractivity contribution in [2.45, 2.75) is 67.5 Å². The Morgan fingerprint density at radius 2 is 1.65 bits per heavy atom. The number of halogens is 1. The molecule has 2 aliphatic rings. The molecule has 2 rings (SSSR count). The van der Waals surface area contributed by atoms with Gasteiger partial charge in [0.25, 0.3) is 0 Å². The van der Waals surface area contributed by atoms with Gasteiger partial charge in [-0.1, -0.05) is 0 Å². The van der Waals surface area contributed by atoms with Gasteiger partial charge < -0.3 is 50.8 Å². The van der Waals surface area contributed by atoms with E-state index in [2.05, 4.69) is 0 Å². The maximum atomic E-state index is 10.1. The predicted molar refractivity (Wildman–Crippen MR) is 88.0 cm³/mol. The molecule has 1 aliphatic heterocycles. The van der Waals surface area contributed by atoms with Gasteiger partial charge in [-0.15, -0.1) is 0 Å². The fourth-order valence-electron chi connectivity index (χ4n) is 2.98. The van der Waals surface area contributed by atoms with Crippen molar-refractivity contribution in [3.8, 4) is 0 Å². The Bertz CT molecular complexity index is 395. The zero-order chi connectivity index (χ0) is 17.3. The number of rotatable bonds is 4. The second kappa shape index (κ2) is 8.14. The Hall–Kier alpha value is 0.330. The van der Waals surface area contributed by atoms with Gasteiger partial charge in [-0.3, -0.25) is 0 Å². The van der Waals surface area contributed by atoms with E-state index in [-0.39, 0.29) is 6.54 Å². The van der Waals surface area contributed by atoms with Crippen molar-refractivity contribution in [1.29, 1.82) is 0 Å². The molecule has 0 spiro atoms. The van der Waals surface area contributed by atoms with Gasteiger partial charge in [-0.25, -0.2) is 0 Å². The van der Waals surface area contributed by atoms with Crippen molar-refractivity contribution in [2.24, 2.45) is 22.9 Å². The second-order valence-electron chi connectivity index (χ2n) is 6.05. The Kier molecular flexibility index (Phi) is 6.95. The zero-order valence-electron chi connectivity index (χ0n) is 12.4. The second-order valence-corrected chi connectivity index (χ2v) is 6.55. The van der Waals surface area contributed by atoms with E-state index in [1.54, 1.807) is 23.0 Å². The molecule has 1 saturated heterocycles. The molecule has 2 fully saturated rings. The highest BCUT2D eigenvalue weighted by molar-refractivity contribution is 14.1. The summed E-state index contributed by atoms with van der Waals surface area (Å²) >= 11 is 1.64. The van der Waals surface area contributed by atoms with E-state index in [1.807, 2.05) is 0 Å². The number of hydrogen-bond acceptors (Lipinski definition) is 10. The van der Waals surface area contributed by atoms with Crippen LogP contribution in [-0.2, 0) is 12.5 Å². The van der Waals surface area contributed by atoms with Gasteiger partial charge in [0.1, 0.15) is 53.5 Å². The van der Waals surface area contributed by atoms with Gasteiger partial charge in [-0.05, 0) is 6.42 Å². The number of hydrogen-bond donors (Lipinski definition) is 7. The molecule has 1 heterocycles. The molecule has 10 unspecified atom stereocenters. The van der Waals surface area contributed by atoms with Gasteiger partial charge in [0.15, 0.2) is 6.29 Å². The lowest BCUT2D eigenvalue weighted by Crippen LogP contribution is -2.67. The molecular weight excluding hydrogens is 423 g/mol. The largest absolute Gasteiger partial charge is 0.389 e. The molecule has 1 aliphatic carbocycles. The van der Waals surface area contributed by atoms with Crippen LogP contribution in [0.15, 0.2) is 0 Å². The normalized spacial score (nSPS) is 51.7. The first-order valence-electron chi connectivity index (χ1n) is 7.41. The smallest absolute Gasteiger partial charge is 0.176 e. The fraction of sp³-hybridized carbons (Fsp3) is 1.00. The molecule has 23 heavy (non-hydrogen) atoms. The summed E-state index contributed by atoms with van der Waals surface area (Å²) in [5.74, 6) is 0. The van der Waals surface area contributed by atoms with Crippen LogP contribution in [0.1, 0.15) is 6.42 Å². The first kappa shape index (κ1) is 19.7. The van der Waals surface area contributed by atoms with Crippen molar-refractivity contribution < 1.29 is 27.9 Å². The molecule has 0 amide bonds. The summed E-state index contributed by atoms with van der Waals surface area (Å²) in [6.45, 7) is -0.0127. The van der Waals surface area contributed by atoms with E-state index in [1.165, 1.54) is 0 Å². The first-order valence-corrected chi connectivity index (χ1v) is 8.29. The highest BCUT2D eigenvalue weighted by Gasteiger charge is 2.48. The zero-order valence-corrected chi connectivity index (χ0v) is 14.6. The summed E-state index contributed by atoms with van der Waals surface area (Å²) in [4.78, 5) is 0. The van der Waals surface area contributed by atoms with Gasteiger partial charge in [-0.2, -0.15) is 0 Å². The molecule has 136 valence electrons. The Labute approximate surface area is 148 Å². The van der Waals surface area contributed by atoms with Crippen molar-refractivity contribution in [3.05, 3.63) is 0 Å². The van der Waals surface area contributed by atoms with Crippen LogP contribution in [0.2, 0.25) is 0 Å². The quantitative estimate of drug-likeness (QED) is 0.210.